The molecule has 0 saturated carbocycles. The van der Waals surface area contributed by atoms with Gasteiger partial charge in [-0.3, -0.25) is 19.3 Å². The average Bonchev–Trinajstić information content (AvgIpc) is 3.33. The highest BCUT2D eigenvalue weighted by molar-refractivity contribution is 8.18. The summed E-state index contributed by atoms with van der Waals surface area (Å²) in [6.45, 7) is 3.18. The van der Waals surface area contributed by atoms with Gasteiger partial charge in [-0.25, -0.2) is 4.79 Å². The lowest BCUT2D eigenvalue weighted by Crippen LogP contribution is -2.35. The topological polar surface area (TPSA) is 103 Å². The molecule has 1 aromatic carbocycles. The van der Waals surface area contributed by atoms with Gasteiger partial charge >= 0.3 is 11.9 Å². The second-order valence-electron chi connectivity index (χ2n) is 6.75. The molecule has 9 heteroatoms. The average molecular weight is 443 g/mol. The first-order valence-corrected chi connectivity index (χ1v) is 10.4. The second kappa shape index (κ2) is 9.65. The molecule has 1 fully saturated rings. The van der Waals surface area contributed by atoms with Gasteiger partial charge in [0.25, 0.3) is 11.1 Å². The summed E-state index contributed by atoms with van der Waals surface area (Å²) in [7, 11) is 1.31. The van der Waals surface area contributed by atoms with Crippen LogP contribution in [0, 0.1) is 0 Å². The van der Waals surface area contributed by atoms with Crippen LogP contribution in [-0.4, -0.2) is 47.7 Å². The van der Waals surface area contributed by atoms with Crippen LogP contribution in [0.5, 0.6) is 0 Å². The van der Waals surface area contributed by atoms with E-state index in [1.54, 1.807) is 43.3 Å². The third-order valence-corrected chi connectivity index (χ3v) is 5.47. The van der Waals surface area contributed by atoms with Gasteiger partial charge in [-0.05, 0) is 49.4 Å². The van der Waals surface area contributed by atoms with Crippen LogP contribution in [0.4, 0.5) is 4.79 Å². The number of imide groups is 1. The van der Waals surface area contributed by atoms with Gasteiger partial charge in [-0.15, -0.1) is 0 Å². The van der Waals surface area contributed by atoms with Crippen molar-refractivity contribution in [3.05, 3.63) is 52.6 Å². The standard InChI is InChI=1S/C22H21NO7S/c1-4-13(2)29-19(24)12-23-20(25)18(31-22(23)27)11-16-9-10-17(30-16)14-5-7-15(8-6-14)21(26)28-3/h5-11,13H,4,12H2,1-3H3/b18-11+/t13-/m0/s1. The fourth-order valence-electron chi connectivity index (χ4n) is 2.71. The van der Waals surface area contributed by atoms with Gasteiger partial charge in [0.2, 0.25) is 0 Å². The first kappa shape index (κ1) is 22.4. The third kappa shape index (κ3) is 5.24. The summed E-state index contributed by atoms with van der Waals surface area (Å²) in [5, 5.41) is -0.539. The first-order valence-electron chi connectivity index (χ1n) is 9.55. The molecule has 2 heterocycles. The predicted octanol–water partition coefficient (Wildman–Crippen LogP) is 4.11. The normalized spacial score (nSPS) is 16.0. The minimum atomic E-state index is -0.631. The van der Waals surface area contributed by atoms with Crippen molar-refractivity contribution in [2.24, 2.45) is 0 Å². The van der Waals surface area contributed by atoms with E-state index in [9.17, 15) is 19.2 Å². The van der Waals surface area contributed by atoms with Gasteiger partial charge in [0.1, 0.15) is 18.1 Å². The van der Waals surface area contributed by atoms with Crippen LogP contribution in [0.25, 0.3) is 17.4 Å². The van der Waals surface area contributed by atoms with E-state index in [1.807, 2.05) is 6.92 Å². The van der Waals surface area contributed by atoms with E-state index in [0.29, 0.717) is 23.5 Å². The van der Waals surface area contributed by atoms with Crippen LogP contribution in [0.15, 0.2) is 45.7 Å². The Kier molecular flexibility index (Phi) is 6.96. The second-order valence-corrected chi connectivity index (χ2v) is 7.74. The van der Waals surface area contributed by atoms with Crippen LogP contribution in [-0.2, 0) is 19.1 Å². The van der Waals surface area contributed by atoms with Crippen molar-refractivity contribution in [1.82, 2.24) is 4.90 Å². The van der Waals surface area contributed by atoms with Gasteiger partial charge in [0.05, 0.1) is 23.7 Å². The number of methoxy groups -OCH3 is 1. The molecule has 0 radical (unpaired) electrons. The molecule has 1 aliphatic heterocycles. The number of esters is 2. The molecular weight excluding hydrogens is 422 g/mol. The Morgan fingerprint density at radius 2 is 1.87 bits per heavy atom. The van der Waals surface area contributed by atoms with Crippen LogP contribution >= 0.6 is 11.8 Å². The van der Waals surface area contributed by atoms with Gasteiger partial charge in [-0.1, -0.05) is 19.1 Å². The molecule has 3 rings (SSSR count). The maximum absolute atomic E-state index is 12.5. The van der Waals surface area contributed by atoms with Crippen molar-refractivity contribution in [2.75, 3.05) is 13.7 Å². The number of thioether (sulfide) groups is 1. The highest BCUT2D eigenvalue weighted by Crippen LogP contribution is 2.33. The van der Waals surface area contributed by atoms with E-state index in [1.165, 1.54) is 13.2 Å². The molecule has 31 heavy (non-hydrogen) atoms. The molecule has 1 saturated heterocycles. The Hall–Kier alpha value is -3.33. The first-order chi connectivity index (χ1) is 14.8. The molecule has 162 valence electrons. The molecule has 0 spiro atoms. The molecule has 0 unspecified atom stereocenters. The van der Waals surface area contributed by atoms with Crippen molar-refractivity contribution < 1.29 is 33.1 Å². The lowest BCUT2D eigenvalue weighted by Gasteiger charge is -2.14. The number of carbonyl (C=O) groups excluding carboxylic acids is 4. The van der Waals surface area contributed by atoms with E-state index in [-0.39, 0.29) is 11.0 Å². The number of hydrogen-bond acceptors (Lipinski definition) is 8. The Morgan fingerprint density at radius 3 is 2.52 bits per heavy atom. The number of ether oxygens (including phenoxy) is 2. The Morgan fingerprint density at radius 1 is 1.16 bits per heavy atom. The summed E-state index contributed by atoms with van der Waals surface area (Å²) in [5.74, 6) is -0.737. The Balaban J connectivity index is 1.71. The minimum Gasteiger partial charge on any atom is -0.465 e. The van der Waals surface area contributed by atoms with E-state index >= 15 is 0 Å². The van der Waals surface area contributed by atoms with Crippen LogP contribution < -0.4 is 0 Å². The summed E-state index contributed by atoms with van der Waals surface area (Å²) < 4.78 is 15.6. The summed E-state index contributed by atoms with van der Waals surface area (Å²) in [5.41, 5.74) is 1.15. The number of hydrogen-bond donors (Lipinski definition) is 0. The quantitative estimate of drug-likeness (QED) is 0.465. The molecule has 0 bridgehead atoms. The number of benzene rings is 1. The molecule has 1 aromatic heterocycles. The Labute approximate surface area is 183 Å². The fraction of sp³-hybridized carbons (Fsp3) is 0.273. The number of rotatable bonds is 7. The molecule has 2 aromatic rings. The van der Waals surface area contributed by atoms with E-state index in [2.05, 4.69) is 4.74 Å². The highest BCUT2D eigenvalue weighted by atomic mass is 32.2. The summed E-state index contributed by atoms with van der Waals surface area (Å²) >= 11 is 0.735. The SMILES string of the molecule is CC[C@H](C)OC(=O)CN1C(=O)S/C(=C/c2ccc(-c3ccc(C(=O)OC)cc3)o2)C1=O. The van der Waals surface area contributed by atoms with Gasteiger partial charge in [0.15, 0.2) is 0 Å². The zero-order valence-corrected chi connectivity index (χ0v) is 18.1. The number of amides is 2. The molecule has 1 aliphatic rings. The zero-order valence-electron chi connectivity index (χ0n) is 17.2. The molecule has 2 amide bonds. The number of nitrogens with zero attached hydrogens (tertiary/aromatic N) is 1. The fourth-order valence-corrected chi connectivity index (χ4v) is 3.53. The van der Waals surface area contributed by atoms with Gasteiger partial charge in [0, 0.05) is 11.6 Å². The summed E-state index contributed by atoms with van der Waals surface area (Å²) in [6.07, 6.45) is 1.81. The maximum Gasteiger partial charge on any atom is 0.337 e. The predicted molar refractivity (Wildman–Crippen MR) is 114 cm³/mol. The van der Waals surface area contributed by atoms with Crippen molar-refractivity contribution in [3.63, 3.8) is 0 Å². The van der Waals surface area contributed by atoms with Gasteiger partial charge < -0.3 is 13.9 Å². The largest absolute Gasteiger partial charge is 0.465 e. The van der Waals surface area contributed by atoms with Crippen LogP contribution in [0.2, 0.25) is 0 Å². The molecule has 8 nitrogen and oxygen atoms in total. The lowest BCUT2D eigenvalue weighted by atomic mass is 10.1. The van der Waals surface area contributed by atoms with Crippen molar-refractivity contribution >= 4 is 40.9 Å². The van der Waals surface area contributed by atoms with E-state index in [0.717, 1.165) is 22.2 Å². The summed E-state index contributed by atoms with van der Waals surface area (Å²) in [4.78, 5) is 49.2. The Bertz CT molecular complexity index is 1040. The maximum atomic E-state index is 12.5. The van der Waals surface area contributed by atoms with Crippen LogP contribution in [0.1, 0.15) is 36.4 Å². The zero-order chi connectivity index (χ0) is 22.5. The molecule has 0 aliphatic carbocycles. The third-order valence-electron chi connectivity index (χ3n) is 4.56. The van der Waals surface area contributed by atoms with Gasteiger partial charge in [-0.2, -0.15) is 0 Å². The van der Waals surface area contributed by atoms with Crippen LogP contribution in [0.3, 0.4) is 0 Å². The molecule has 1 atom stereocenters. The number of carbonyl (C=O) groups is 4. The van der Waals surface area contributed by atoms with Crippen molar-refractivity contribution in [2.45, 2.75) is 26.4 Å². The van der Waals surface area contributed by atoms with Crippen molar-refractivity contribution in [1.29, 1.82) is 0 Å². The highest BCUT2D eigenvalue weighted by Gasteiger charge is 2.37. The van der Waals surface area contributed by atoms with E-state index in [4.69, 9.17) is 9.15 Å². The minimum absolute atomic E-state index is 0.156. The molecular formula is C22H21NO7S. The number of furan rings is 1. The smallest absolute Gasteiger partial charge is 0.337 e. The van der Waals surface area contributed by atoms with Crippen molar-refractivity contribution in [3.8, 4) is 11.3 Å². The monoisotopic (exact) mass is 443 g/mol. The van der Waals surface area contributed by atoms with E-state index < -0.39 is 29.6 Å². The molecule has 0 N–H and O–H groups in total. The lowest BCUT2D eigenvalue weighted by molar-refractivity contribution is -0.150. The summed E-state index contributed by atoms with van der Waals surface area (Å²) in [6, 6.07) is 10.0.